The van der Waals surface area contributed by atoms with E-state index in [-0.39, 0.29) is 125 Å². The Morgan fingerprint density at radius 3 is 1.75 bits per heavy atom. The lowest BCUT2D eigenvalue weighted by Gasteiger charge is -2.42. The number of aliphatic hydroxyl groups excluding tert-OH is 2. The van der Waals surface area contributed by atoms with Gasteiger partial charge in [-0.3, -0.25) is 43.0 Å². The number of hydrogen-bond donors (Lipinski definition) is 7. The van der Waals surface area contributed by atoms with Crippen LogP contribution in [0.25, 0.3) is 11.1 Å². The van der Waals surface area contributed by atoms with E-state index in [0.717, 1.165) is 21.6 Å². The van der Waals surface area contributed by atoms with E-state index in [1.54, 1.807) is 45.0 Å². The summed E-state index contributed by atoms with van der Waals surface area (Å²) in [6.45, 7) is 9.62. The molecule has 2 saturated heterocycles. The number of rotatable bonds is 44. The van der Waals surface area contributed by atoms with E-state index >= 15 is 8.78 Å². The number of amides is 6. The van der Waals surface area contributed by atoms with E-state index in [2.05, 4.69) is 21.3 Å². The number of aliphatic hydroxyl groups is 2. The second kappa shape index (κ2) is 40.5. The molecule has 3 aromatic rings. The highest BCUT2D eigenvalue weighted by atomic mass is 32.2. The molecule has 5 rings (SSSR count). The Kier molecular flexibility index (Phi) is 33.5. The molecule has 2 aliphatic heterocycles. The molecule has 0 saturated carbocycles. The Bertz CT molecular complexity index is 2990. The molecule has 512 valence electrons. The van der Waals surface area contributed by atoms with Crippen LogP contribution in [0.1, 0.15) is 66.7 Å². The predicted molar refractivity (Wildman–Crippen MR) is 327 cm³/mol. The minimum atomic E-state index is -1.58. The van der Waals surface area contributed by atoms with Gasteiger partial charge in [-0.25, -0.2) is 18.4 Å². The quantitative estimate of drug-likeness (QED) is 0.0288. The number of benzene rings is 2. The van der Waals surface area contributed by atoms with Gasteiger partial charge in [-0.1, -0.05) is 31.2 Å². The van der Waals surface area contributed by atoms with Crippen molar-refractivity contribution in [3.8, 4) is 11.1 Å². The van der Waals surface area contributed by atoms with E-state index in [0.29, 0.717) is 96.1 Å². The number of carbonyl (C=O) groups excluding carboxylic acids is 6. The third-order valence-corrected chi connectivity index (χ3v) is 16.2. The number of likely N-dealkylation sites (tertiary alicyclic amines) is 1. The largest absolute Gasteiger partial charge is 0.480 e. The van der Waals surface area contributed by atoms with Crippen LogP contribution < -0.4 is 32.5 Å². The maximum absolute atomic E-state index is 15.1. The molecule has 2 unspecified atom stereocenters. The number of ether oxygens (including phenoxy) is 9. The van der Waals surface area contributed by atoms with Gasteiger partial charge in [-0.2, -0.15) is 0 Å². The van der Waals surface area contributed by atoms with E-state index in [1.165, 1.54) is 30.4 Å². The van der Waals surface area contributed by atoms with Gasteiger partial charge in [0.1, 0.15) is 23.2 Å². The number of halogens is 2. The van der Waals surface area contributed by atoms with Crippen molar-refractivity contribution in [2.24, 2.45) is 20.0 Å². The molecule has 7 N–H and O–H groups in total. The van der Waals surface area contributed by atoms with Gasteiger partial charge in [0.25, 0.3) is 11.5 Å². The molecule has 3 heterocycles. The number of carbonyl (C=O) groups is 7. The van der Waals surface area contributed by atoms with Crippen LogP contribution in [0.2, 0.25) is 0 Å². The zero-order chi connectivity index (χ0) is 67.1. The summed E-state index contributed by atoms with van der Waals surface area (Å²) in [5, 5.41) is 39.4. The average Bonchev–Trinajstić information content (AvgIpc) is 1.07. The first-order valence-corrected chi connectivity index (χ1v) is 31.4. The SMILES string of the molecule is Cc1c(-c2ccc(CC(NC(=O)c3c(F)cc(CNC(=O)CCOCCOCCOCCOCCOCCOCCOCCOCCNC(=O)CCN4C(=O)CC(SCCC(=O)N[C@@H]5[C@@H](O)[C@H](C)[C@@H](CO)O[C@H]5C)C4=O)cc3F)C(=O)O)cc2)c(=O)n(C)c(=O)n1C. The van der Waals surface area contributed by atoms with Crippen molar-refractivity contribution in [2.75, 3.05) is 131 Å². The molecule has 0 spiro atoms. The van der Waals surface area contributed by atoms with Crippen LogP contribution in [0.5, 0.6) is 0 Å². The van der Waals surface area contributed by atoms with Crippen LogP contribution in [-0.4, -0.2) is 238 Å². The molecule has 2 fully saturated rings. The number of aliphatic carboxylic acids is 1. The van der Waals surface area contributed by atoms with E-state index in [9.17, 15) is 58.5 Å². The first-order chi connectivity index (χ1) is 44.1. The van der Waals surface area contributed by atoms with E-state index in [4.69, 9.17) is 42.6 Å². The maximum atomic E-state index is 15.1. The molecule has 7 atom stereocenters. The highest BCUT2D eigenvalue weighted by molar-refractivity contribution is 8.00. The Hall–Kier alpha value is -6.62. The monoisotopic (exact) mass is 1320 g/mol. The molecule has 31 heteroatoms. The lowest BCUT2D eigenvalue weighted by atomic mass is 9.87. The lowest BCUT2D eigenvalue weighted by molar-refractivity contribution is -0.161. The highest BCUT2D eigenvalue weighted by Gasteiger charge is 2.42. The molecular weight excluding hydrogens is 1240 g/mol. The van der Waals surface area contributed by atoms with Gasteiger partial charge in [0.15, 0.2) is 0 Å². The molecule has 6 amide bonds. The molecule has 0 radical (unpaired) electrons. The predicted octanol–water partition coefficient (Wildman–Crippen LogP) is -0.0791. The number of thioether (sulfide) groups is 1. The molecule has 92 heavy (non-hydrogen) atoms. The van der Waals surface area contributed by atoms with Crippen LogP contribution in [0.15, 0.2) is 46.0 Å². The number of nitrogens with one attached hydrogen (secondary N) is 4. The van der Waals surface area contributed by atoms with Gasteiger partial charge in [0.2, 0.25) is 29.5 Å². The second-order valence-electron chi connectivity index (χ2n) is 21.6. The Morgan fingerprint density at radius 2 is 1.22 bits per heavy atom. The number of imide groups is 1. The smallest absolute Gasteiger partial charge is 0.330 e. The van der Waals surface area contributed by atoms with Crippen LogP contribution in [0.3, 0.4) is 0 Å². The van der Waals surface area contributed by atoms with E-state index < -0.39 is 87.8 Å². The summed E-state index contributed by atoms with van der Waals surface area (Å²) in [5.41, 5.74) is -0.377. The van der Waals surface area contributed by atoms with E-state index in [1.807, 2.05) is 0 Å². The van der Waals surface area contributed by atoms with Gasteiger partial charge >= 0.3 is 11.7 Å². The van der Waals surface area contributed by atoms with Gasteiger partial charge < -0.3 is 83.8 Å². The van der Waals surface area contributed by atoms with Crippen LogP contribution in [0, 0.1) is 24.5 Å². The molecule has 0 bridgehead atoms. The number of aromatic nitrogens is 2. The summed E-state index contributed by atoms with van der Waals surface area (Å²) < 4.78 is 82.0. The van der Waals surface area contributed by atoms with Crippen molar-refractivity contribution in [3.63, 3.8) is 0 Å². The first-order valence-electron chi connectivity index (χ1n) is 30.4. The summed E-state index contributed by atoms with van der Waals surface area (Å²) >= 11 is 1.20. The molecule has 28 nitrogen and oxygen atoms in total. The molecule has 0 aliphatic carbocycles. The van der Waals surface area contributed by atoms with Gasteiger partial charge in [0, 0.05) is 83.2 Å². The zero-order valence-electron chi connectivity index (χ0n) is 52.6. The van der Waals surface area contributed by atoms with Gasteiger partial charge in [-0.05, 0) is 42.7 Å². The Labute approximate surface area is 535 Å². The zero-order valence-corrected chi connectivity index (χ0v) is 53.4. The summed E-state index contributed by atoms with van der Waals surface area (Å²) in [6.07, 6.45) is -2.26. The van der Waals surface area contributed by atoms with Crippen molar-refractivity contribution in [3.05, 3.63) is 91.3 Å². The number of nitrogens with zero attached hydrogens (tertiary/aromatic N) is 3. The van der Waals surface area contributed by atoms with Crippen molar-refractivity contribution >= 4 is 53.2 Å². The van der Waals surface area contributed by atoms with Crippen molar-refractivity contribution in [1.29, 1.82) is 0 Å². The summed E-state index contributed by atoms with van der Waals surface area (Å²) in [5.74, 6) is -7.29. The first kappa shape index (κ1) is 76.1. The minimum absolute atomic E-state index is 0.0161. The summed E-state index contributed by atoms with van der Waals surface area (Å²) in [7, 11) is 2.88. The van der Waals surface area contributed by atoms with Crippen molar-refractivity contribution in [1.82, 2.24) is 35.3 Å². The average molecular weight is 1320 g/mol. The van der Waals surface area contributed by atoms with Crippen molar-refractivity contribution < 1.29 is 100 Å². The molecular formula is C61H87F2N7O21S. The van der Waals surface area contributed by atoms with Gasteiger partial charge in [0.05, 0.1) is 147 Å². The third kappa shape index (κ3) is 24.7. The normalized spacial score (nSPS) is 18.5. The Balaban J connectivity index is 0.759. The number of carboxylic acid groups (broad SMARTS) is 1. The number of hydrogen-bond acceptors (Lipinski definition) is 21. The standard InChI is InChI=1S/C61H87F2N7O21S/c1-38-47(37-71)91-40(3)55(56(38)76)67-51(74)12-31-92-48-35-52(75)70(58(48)78)14-10-49(72)64-13-16-84-18-20-86-22-24-88-26-28-90-30-29-89-27-25-87-23-21-85-19-17-83-15-11-50(73)65-36-42-32-44(62)54(45(63)33-42)57(77)66-46(60(80)81)34-41-6-8-43(9-7-41)53-39(2)68(4)61(82)69(5)59(53)79/h6-9,32-33,38,40,46-48,55-56,71,76H,10-31,34-37H2,1-5H3,(H,64,72)(H,65,73)(H,66,77)(H,67,74)(H,80,81)/t38-,40+,46?,47-,48?,55+,56+/m1/s1. The lowest BCUT2D eigenvalue weighted by Crippen LogP contribution is -2.60. The Morgan fingerprint density at radius 1 is 0.696 bits per heavy atom. The fourth-order valence-electron chi connectivity index (χ4n) is 9.65. The minimum Gasteiger partial charge on any atom is -0.480 e. The third-order valence-electron chi connectivity index (χ3n) is 15.0. The molecule has 1 aromatic heterocycles. The summed E-state index contributed by atoms with van der Waals surface area (Å²) in [6, 6.07) is 5.72. The van der Waals surface area contributed by atoms with Crippen LogP contribution in [0.4, 0.5) is 8.78 Å². The maximum Gasteiger partial charge on any atom is 0.330 e. The topological polar surface area (TPSA) is 359 Å². The molecule has 2 aromatic carbocycles. The second-order valence-corrected chi connectivity index (χ2v) is 22.9. The number of carboxylic acids is 1. The van der Waals surface area contributed by atoms with Crippen LogP contribution in [-0.2, 0) is 98.5 Å². The van der Waals surface area contributed by atoms with Crippen LogP contribution >= 0.6 is 11.8 Å². The fraction of sp³-hybridized carbons (Fsp3) is 0.623. The van der Waals surface area contributed by atoms with Gasteiger partial charge in [-0.15, -0.1) is 11.8 Å². The van der Waals surface area contributed by atoms with Crippen molar-refractivity contribution in [2.45, 2.75) is 95.1 Å². The highest BCUT2D eigenvalue weighted by Crippen LogP contribution is 2.28. The fourth-order valence-corrected chi connectivity index (χ4v) is 10.8. The summed E-state index contributed by atoms with van der Waals surface area (Å²) in [4.78, 5) is 114. The molecule has 2 aliphatic rings.